The highest BCUT2D eigenvalue weighted by Gasteiger charge is 2.06. The molecule has 0 aliphatic carbocycles. The van der Waals surface area contributed by atoms with Gasteiger partial charge in [0, 0.05) is 6.20 Å². The molecular weight excluding hydrogens is 248 g/mol. The summed E-state index contributed by atoms with van der Waals surface area (Å²) in [6.07, 6.45) is 1.78. The molecule has 2 heterocycles. The molecule has 0 unspecified atom stereocenters. The predicted molar refractivity (Wildman–Crippen MR) is 57.8 cm³/mol. The van der Waals surface area contributed by atoms with E-state index in [1.165, 1.54) is 0 Å². The van der Waals surface area contributed by atoms with E-state index < -0.39 is 0 Å². The van der Waals surface area contributed by atoms with Crippen LogP contribution in [-0.4, -0.2) is 9.97 Å². The molecule has 2 rings (SSSR count). The van der Waals surface area contributed by atoms with Crippen LogP contribution < -0.4 is 0 Å². The van der Waals surface area contributed by atoms with Crippen LogP contribution in [0.4, 0.5) is 0 Å². The lowest BCUT2D eigenvalue weighted by Gasteiger charge is -1.91. The first-order valence-corrected chi connectivity index (χ1v) is 5.42. The van der Waals surface area contributed by atoms with Gasteiger partial charge in [-0.1, -0.05) is 6.07 Å². The fourth-order valence-corrected chi connectivity index (χ4v) is 2.30. The molecule has 0 amide bonds. The third-order valence-electron chi connectivity index (χ3n) is 1.62. The largest absolute Gasteiger partial charge is 0.254 e. The Labute approximate surface area is 88.8 Å². The van der Waals surface area contributed by atoms with Gasteiger partial charge in [0.2, 0.25) is 0 Å². The van der Waals surface area contributed by atoms with Gasteiger partial charge in [0.15, 0.2) is 0 Å². The van der Waals surface area contributed by atoms with Crippen LogP contribution in [0.1, 0.15) is 5.69 Å². The molecule has 66 valence electrons. The van der Waals surface area contributed by atoms with Crippen molar-refractivity contribution < 1.29 is 0 Å². The first kappa shape index (κ1) is 8.84. The lowest BCUT2D eigenvalue weighted by atomic mass is 10.4. The molecule has 2 aromatic rings. The minimum atomic E-state index is 0.932. The molecule has 2 nitrogen and oxygen atoms in total. The maximum absolute atomic E-state index is 4.39. The quantitative estimate of drug-likeness (QED) is 0.781. The molecule has 0 bridgehead atoms. The molecular formula is C9H7BrN2S. The van der Waals surface area contributed by atoms with Crippen molar-refractivity contribution in [1.82, 2.24) is 9.97 Å². The second-order valence-electron chi connectivity index (χ2n) is 2.59. The summed E-state index contributed by atoms with van der Waals surface area (Å²) in [6.45, 7) is 1.98. The molecule has 0 saturated heterocycles. The topological polar surface area (TPSA) is 25.8 Å². The third kappa shape index (κ3) is 1.78. The fourth-order valence-electron chi connectivity index (χ4n) is 0.977. The summed E-state index contributed by atoms with van der Waals surface area (Å²) in [5.41, 5.74) is 1.95. The van der Waals surface area contributed by atoms with Crippen molar-refractivity contribution >= 4 is 27.3 Å². The van der Waals surface area contributed by atoms with Gasteiger partial charge >= 0.3 is 0 Å². The van der Waals surface area contributed by atoms with E-state index in [4.69, 9.17) is 0 Å². The van der Waals surface area contributed by atoms with E-state index in [0.29, 0.717) is 0 Å². The Morgan fingerprint density at radius 1 is 1.38 bits per heavy atom. The zero-order valence-corrected chi connectivity index (χ0v) is 9.39. The number of aryl methyl sites for hydroxylation is 1. The predicted octanol–water partition coefficient (Wildman–Crippen LogP) is 3.28. The van der Waals surface area contributed by atoms with Crippen molar-refractivity contribution in [3.63, 3.8) is 0 Å². The SMILES string of the molecule is Cc1nc(-c2ccccn2)sc1Br. The molecule has 0 saturated carbocycles. The first-order valence-electron chi connectivity index (χ1n) is 3.81. The second kappa shape index (κ2) is 3.55. The lowest BCUT2D eigenvalue weighted by molar-refractivity contribution is 1.22. The molecule has 13 heavy (non-hydrogen) atoms. The Balaban J connectivity index is 2.48. The fraction of sp³-hybridized carbons (Fsp3) is 0.111. The van der Waals surface area contributed by atoms with Crippen LogP contribution in [0, 0.1) is 6.92 Å². The Hall–Kier alpha value is -0.740. The molecule has 0 aliphatic heterocycles. The molecule has 0 spiro atoms. The van der Waals surface area contributed by atoms with Crippen LogP contribution >= 0.6 is 27.3 Å². The van der Waals surface area contributed by atoms with Gasteiger partial charge in [-0.2, -0.15) is 0 Å². The molecule has 0 fully saturated rings. The van der Waals surface area contributed by atoms with E-state index in [1.54, 1.807) is 17.5 Å². The average molecular weight is 255 g/mol. The number of rotatable bonds is 1. The maximum atomic E-state index is 4.39. The van der Waals surface area contributed by atoms with E-state index in [0.717, 1.165) is 20.2 Å². The number of hydrogen-bond donors (Lipinski definition) is 0. The average Bonchev–Trinajstić information content (AvgIpc) is 2.49. The summed E-state index contributed by atoms with van der Waals surface area (Å²) in [5.74, 6) is 0. The zero-order chi connectivity index (χ0) is 9.26. The van der Waals surface area contributed by atoms with E-state index >= 15 is 0 Å². The lowest BCUT2D eigenvalue weighted by Crippen LogP contribution is -1.80. The van der Waals surface area contributed by atoms with E-state index in [-0.39, 0.29) is 0 Å². The Kier molecular flexibility index (Phi) is 2.42. The standard InChI is InChI=1S/C9H7BrN2S/c1-6-8(10)13-9(12-6)7-4-2-3-5-11-7/h2-5H,1H3. The molecule has 0 aliphatic rings. The van der Waals surface area contributed by atoms with Gasteiger partial charge in [-0.05, 0) is 35.0 Å². The molecule has 4 heteroatoms. The number of aromatic nitrogens is 2. The highest BCUT2D eigenvalue weighted by atomic mass is 79.9. The van der Waals surface area contributed by atoms with Crippen LogP contribution in [-0.2, 0) is 0 Å². The van der Waals surface area contributed by atoms with Crippen LogP contribution in [0.5, 0.6) is 0 Å². The smallest absolute Gasteiger partial charge is 0.143 e. The number of pyridine rings is 1. The molecule has 0 atom stereocenters. The molecule has 0 N–H and O–H groups in total. The number of nitrogens with zero attached hydrogens (tertiary/aromatic N) is 2. The Morgan fingerprint density at radius 2 is 2.23 bits per heavy atom. The summed E-state index contributed by atoms with van der Waals surface area (Å²) in [6, 6.07) is 5.83. The van der Waals surface area contributed by atoms with Gasteiger partial charge in [-0.15, -0.1) is 11.3 Å². The van der Waals surface area contributed by atoms with Crippen LogP contribution in [0.15, 0.2) is 28.2 Å². The molecule has 0 radical (unpaired) electrons. The van der Waals surface area contributed by atoms with Gasteiger partial charge < -0.3 is 0 Å². The first-order chi connectivity index (χ1) is 6.27. The van der Waals surface area contributed by atoms with E-state index in [2.05, 4.69) is 25.9 Å². The molecule has 0 aromatic carbocycles. The van der Waals surface area contributed by atoms with Crippen LogP contribution in [0.25, 0.3) is 10.7 Å². The monoisotopic (exact) mass is 254 g/mol. The highest BCUT2D eigenvalue weighted by Crippen LogP contribution is 2.29. The summed E-state index contributed by atoms with van der Waals surface area (Å²) in [7, 11) is 0. The van der Waals surface area contributed by atoms with Gasteiger partial charge in [0.1, 0.15) is 5.01 Å². The minimum Gasteiger partial charge on any atom is -0.254 e. The Morgan fingerprint density at radius 3 is 2.77 bits per heavy atom. The van der Waals surface area contributed by atoms with Crippen molar-refractivity contribution in [2.75, 3.05) is 0 Å². The van der Waals surface area contributed by atoms with Gasteiger partial charge in [-0.3, -0.25) is 4.98 Å². The summed E-state index contributed by atoms with van der Waals surface area (Å²) in [4.78, 5) is 8.62. The number of halogens is 1. The Bertz CT molecular complexity index is 391. The third-order valence-corrected chi connectivity index (χ3v) is 3.65. The number of hydrogen-bond acceptors (Lipinski definition) is 3. The summed E-state index contributed by atoms with van der Waals surface area (Å²) >= 11 is 5.05. The zero-order valence-electron chi connectivity index (χ0n) is 6.99. The van der Waals surface area contributed by atoms with Crippen molar-refractivity contribution in [2.24, 2.45) is 0 Å². The number of thiazole rings is 1. The van der Waals surface area contributed by atoms with Crippen molar-refractivity contribution in [3.05, 3.63) is 33.9 Å². The van der Waals surface area contributed by atoms with Crippen molar-refractivity contribution in [1.29, 1.82) is 0 Å². The highest BCUT2D eigenvalue weighted by molar-refractivity contribution is 9.11. The molecule has 2 aromatic heterocycles. The maximum Gasteiger partial charge on any atom is 0.143 e. The van der Waals surface area contributed by atoms with Gasteiger partial charge in [-0.25, -0.2) is 4.98 Å². The normalized spacial score (nSPS) is 10.3. The van der Waals surface area contributed by atoms with Gasteiger partial charge in [0.05, 0.1) is 15.2 Å². The van der Waals surface area contributed by atoms with Gasteiger partial charge in [0.25, 0.3) is 0 Å². The minimum absolute atomic E-state index is 0.932. The van der Waals surface area contributed by atoms with Crippen LogP contribution in [0.3, 0.4) is 0 Å². The second-order valence-corrected chi connectivity index (χ2v) is 4.91. The van der Waals surface area contributed by atoms with Crippen LogP contribution in [0.2, 0.25) is 0 Å². The van der Waals surface area contributed by atoms with E-state index in [1.807, 2.05) is 25.1 Å². The van der Waals surface area contributed by atoms with Crippen molar-refractivity contribution in [3.8, 4) is 10.7 Å². The summed E-state index contributed by atoms with van der Waals surface area (Å²) in [5, 5.41) is 0.963. The van der Waals surface area contributed by atoms with E-state index in [9.17, 15) is 0 Å². The summed E-state index contributed by atoms with van der Waals surface area (Å²) < 4.78 is 1.08. The van der Waals surface area contributed by atoms with Crippen molar-refractivity contribution in [2.45, 2.75) is 6.92 Å².